The van der Waals surface area contributed by atoms with Gasteiger partial charge in [0.1, 0.15) is 10.9 Å². The third-order valence-corrected chi connectivity index (χ3v) is 5.47. The maximum absolute atomic E-state index is 13.0. The fourth-order valence-corrected chi connectivity index (χ4v) is 4.04. The Morgan fingerprint density at radius 1 is 1.23 bits per heavy atom. The van der Waals surface area contributed by atoms with Gasteiger partial charge in [-0.3, -0.25) is 14.6 Å². The summed E-state index contributed by atoms with van der Waals surface area (Å²) in [5.74, 6) is -0.282. The van der Waals surface area contributed by atoms with E-state index in [1.165, 1.54) is 16.9 Å². The predicted molar refractivity (Wildman–Crippen MR) is 105 cm³/mol. The van der Waals surface area contributed by atoms with Crippen LogP contribution in [-0.4, -0.2) is 15.5 Å². The Labute approximate surface area is 154 Å². The number of amides is 1. The number of carbonyl (C=O) groups is 1. The molecule has 0 aliphatic rings. The van der Waals surface area contributed by atoms with Gasteiger partial charge in [-0.25, -0.2) is 9.36 Å². The van der Waals surface area contributed by atoms with Crippen molar-refractivity contribution < 1.29 is 4.79 Å². The number of fused-ring (bicyclic) bond motifs is 1. The summed E-state index contributed by atoms with van der Waals surface area (Å²) in [5, 5.41) is 2.26. The van der Waals surface area contributed by atoms with Crippen LogP contribution in [0, 0.1) is 0 Å². The lowest BCUT2D eigenvalue weighted by Gasteiger charge is -2.13. The number of H-pyrrole nitrogens is 1. The molecule has 6 nitrogen and oxygen atoms in total. The third kappa shape index (κ3) is 2.99. The zero-order valence-electron chi connectivity index (χ0n) is 14.9. The van der Waals surface area contributed by atoms with E-state index < -0.39 is 23.2 Å². The van der Waals surface area contributed by atoms with Crippen molar-refractivity contribution in [3.05, 3.63) is 56.0 Å². The summed E-state index contributed by atoms with van der Waals surface area (Å²) in [7, 11) is 0. The number of nitrogens with zero attached hydrogens (tertiary/aromatic N) is 1. The number of aromatic nitrogens is 2. The number of nitrogens with one attached hydrogen (secondary N) is 1. The number of primary amides is 1. The van der Waals surface area contributed by atoms with Gasteiger partial charge < -0.3 is 5.73 Å². The largest absolute Gasteiger partial charge is 0.368 e. The van der Waals surface area contributed by atoms with Gasteiger partial charge in [0.25, 0.3) is 5.56 Å². The van der Waals surface area contributed by atoms with Gasteiger partial charge in [0.2, 0.25) is 5.91 Å². The average Bonchev–Trinajstić information content (AvgIpc) is 3.02. The quantitative estimate of drug-likeness (QED) is 0.721. The van der Waals surface area contributed by atoms with E-state index in [0.717, 1.165) is 15.7 Å². The molecule has 3 aromatic rings. The number of benzene rings is 1. The summed E-state index contributed by atoms with van der Waals surface area (Å²) in [6.07, 6.45) is 0.270. The summed E-state index contributed by atoms with van der Waals surface area (Å²) >= 11 is 1.30. The van der Waals surface area contributed by atoms with Crippen molar-refractivity contribution in [1.82, 2.24) is 9.55 Å². The molecule has 3 rings (SSSR count). The first-order valence-electron chi connectivity index (χ1n) is 8.50. The van der Waals surface area contributed by atoms with Gasteiger partial charge in [-0.15, -0.1) is 11.3 Å². The van der Waals surface area contributed by atoms with Gasteiger partial charge in [-0.1, -0.05) is 45.0 Å². The van der Waals surface area contributed by atoms with Crippen LogP contribution in [0.15, 0.2) is 39.2 Å². The SMILES string of the molecule is CCC(C(N)=O)n1c(=O)[nH]c2scc(-c3ccc(C(C)C)cc3)c2c1=O. The Morgan fingerprint density at radius 3 is 2.42 bits per heavy atom. The van der Waals surface area contributed by atoms with E-state index in [1.54, 1.807) is 6.92 Å². The predicted octanol–water partition coefficient (Wildman–Crippen LogP) is 2.98. The Balaban J connectivity index is 2.25. The molecule has 1 atom stereocenters. The minimum absolute atomic E-state index is 0.270. The Kier molecular flexibility index (Phi) is 4.82. The molecule has 136 valence electrons. The molecule has 1 amide bonds. The first kappa shape index (κ1) is 18.1. The minimum Gasteiger partial charge on any atom is -0.368 e. The van der Waals surface area contributed by atoms with Gasteiger partial charge in [0.15, 0.2) is 0 Å². The Morgan fingerprint density at radius 2 is 1.88 bits per heavy atom. The van der Waals surface area contributed by atoms with Crippen molar-refractivity contribution in [2.45, 2.75) is 39.2 Å². The molecular formula is C19H21N3O3S. The molecule has 1 unspecified atom stereocenters. The summed E-state index contributed by atoms with van der Waals surface area (Å²) in [5.41, 5.74) is 7.12. The number of thiophene rings is 1. The molecule has 0 fully saturated rings. The van der Waals surface area contributed by atoms with Crippen LogP contribution in [0.1, 0.15) is 44.7 Å². The number of aromatic amines is 1. The molecule has 0 spiro atoms. The zero-order chi connectivity index (χ0) is 19.0. The van der Waals surface area contributed by atoms with E-state index in [2.05, 4.69) is 18.8 Å². The molecule has 7 heteroatoms. The topological polar surface area (TPSA) is 97.9 Å². The van der Waals surface area contributed by atoms with Crippen LogP contribution < -0.4 is 17.0 Å². The van der Waals surface area contributed by atoms with Gasteiger partial charge in [-0.2, -0.15) is 0 Å². The highest BCUT2D eigenvalue weighted by Crippen LogP contribution is 2.31. The van der Waals surface area contributed by atoms with Crippen molar-refractivity contribution in [2.75, 3.05) is 0 Å². The van der Waals surface area contributed by atoms with Crippen LogP contribution in [0.5, 0.6) is 0 Å². The lowest BCUT2D eigenvalue weighted by Crippen LogP contribution is -2.42. The highest BCUT2D eigenvalue weighted by Gasteiger charge is 2.23. The molecule has 1 aromatic carbocycles. The van der Waals surface area contributed by atoms with Gasteiger partial charge >= 0.3 is 5.69 Å². The van der Waals surface area contributed by atoms with Crippen molar-refractivity contribution in [1.29, 1.82) is 0 Å². The molecule has 0 saturated heterocycles. The molecule has 26 heavy (non-hydrogen) atoms. The van der Waals surface area contributed by atoms with Crippen LogP contribution in [0.3, 0.4) is 0 Å². The highest BCUT2D eigenvalue weighted by molar-refractivity contribution is 7.17. The summed E-state index contributed by atoms with van der Waals surface area (Å²) < 4.78 is 0.934. The average molecular weight is 371 g/mol. The number of nitrogens with two attached hydrogens (primary N) is 1. The highest BCUT2D eigenvalue weighted by atomic mass is 32.1. The molecule has 0 bridgehead atoms. The minimum atomic E-state index is -0.966. The van der Waals surface area contributed by atoms with Gasteiger partial charge in [0.05, 0.1) is 5.39 Å². The van der Waals surface area contributed by atoms with E-state index >= 15 is 0 Å². The van der Waals surface area contributed by atoms with Crippen LogP contribution >= 0.6 is 11.3 Å². The van der Waals surface area contributed by atoms with Gasteiger partial charge in [-0.05, 0) is 23.5 Å². The first-order valence-corrected chi connectivity index (χ1v) is 9.38. The van der Waals surface area contributed by atoms with Crippen molar-refractivity contribution in [3.63, 3.8) is 0 Å². The molecule has 2 heterocycles. The summed E-state index contributed by atoms with van der Waals surface area (Å²) in [6, 6.07) is 7.04. The third-order valence-electron chi connectivity index (χ3n) is 4.58. The second-order valence-corrected chi connectivity index (χ2v) is 7.44. The standard InChI is InChI=1S/C19H21N3O3S/c1-4-14(16(20)23)22-18(24)15-13(9-26-17(15)21-19(22)25)12-7-5-11(6-8-12)10(2)3/h5-10,14H,4H2,1-3H3,(H2,20,23)(H,21,25). The lowest BCUT2D eigenvalue weighted by atomic mass is 9.99. The van der Waals surface area contributed by atoms with E-state index in [0.29, 0.717) is 16.1 Å². The number of rotatable bonds is 5. The maximum atomic E-state index is 13.0. The van der Waals surface area contributed by atoms with Gasteiger partial charge in [0, 0.05) is 10.9 Å². The Hall–Kier alpha value is -2.67. The monoisotopic (exact) mass is 371 g/mol. The number of hydrogen-bond donors (Lipinski definition) is 2. The van der Waals surface area contributed by atoms with Crippen LogP contribution in [0.25, 0.3) is 21.3 Å². The van der Waals surface area contributed by atoms with Crippen LogP contribution in [0.4, 0.5) is 0 Å². The Bertz CT molecular complexity index is 1070. The smallest absolute Gasteiger partial charge is 0.330 e. The van der Waals surface area contributed by atoms with Crippen LogP contribution in [0.2, 0.25) is 0 Å². The second kappa shape index (κ2) is 6.92. The number of hydrogen-bond acceptors (Lipinski definition) is 4. The van der Waals surface area contributed by atoms with E-state index in [-0.39, 0.29) is 6.42 Å². The fourth-order valence-electron chi connectivity index (χ4n) is 3.09. The molecule has 0 aliphatic heterocycles. The number of carbonyl (C=O) groups excluding carboxylic acids is 1. The van der Waals surface area contributed by atoms with E-state index in [1.807, 2.05) is 29.6 Å². The molecule has 0 radical (unpaired) electrons. The fraction of sp³-hybridized carbons (Fsp3) is 0.316. The van der Waals surface area contributed by atoms with Crippen molar-refractivity contribution in [3.8, 4) is 11.1 Å². The lowest BCUT2D eigenvalue weighted by molar-refractivity contribution is -0.121. The maximum Gasteiger partial charge on any atom is 0.330 e. The molecule has 0 saturated carbocycles. The molecule has 3 N–H and O–H groups in total. The summed E-state index contributed by atoms with van der Waals surface area (Å²) in [4.78, 5) is 40.2. The van der Waals surface area contributed by atoms with Crippen LogP contribution in [-0.2, 0) is 4.79 Å². The second-order valence-electron chi connectivity index (χ2n) is 6.56. The van der Waals surface area contributed by atoms with Crippen molar-refractivity contribution in [2.24, 2.45) is 5.73 Å². The van der Waals surface area contributed by atoms with E-state index in [4.69, 9.17) is 5.73 Å². The zero-order valence-corrected chi connectivity index (χ0v) is 15.7. The normalized spacial score (nSPS) is 12.6. The molecular weight excluding hydrogens is 350 g/mol. The van der Waals surface area contributed by atoms with Crippen molar-refractivity contribution >= 4 is 27.5 Å². The molecule has 0 aliphatic carbocycles. The first-order chi connectivity index (χ1) is 12.3. The van der Waals surface area contributed by atoms with E-state index in [9.17, 15) is 14.4 Å². The molecule has 2 aromatic heterocycles. The summed E-state index contributed by atoms with van der Waals surface area (Å²) in [6.45, 7) is 5.95.